The third-order valence-electron chi connectivity index (χ3n) is 4.47. The summed E-state index contributed by atoms with van der Waals surface area (Å²) in [6.45, 7) is 4.68. The van der Waals surface area contributed by atoms with Gasteiger partial charge in [-0.2, -0.15) is 0 Å². The molecule has 4 rings (SSSR count). The molecule has 2 aromatic rings. The number of aryl methyl sites for hydroxylation is 1. The van der Waals surface area contributed by atoms with E-state index in [1.807, 2.05) is 11.3 Å². The zero-order valence-corrected chi connectivity index (χ0v) is 12.2. The van der Waals surface area contributed by atoms with Gasteiger partial charge in [0.2, 0.25) is 0 Å². The molecule has 0 spiro atoms. The van der Waals surface area contributed by atoms with Gasteiger partial charge in [0.1, 0.15) is 17.0 Å². The fourth-order valence-corrected chi connectivity index (χ4v) is 4.61. The average Bonchev–Trinajstić information content (AvgIpc) is 3.04. The highest BCUT2D eigenvalue weighted by molar-refractivity contribution is 7.19. The Morgan fingerprint density at radius 3 is 2.95 bits per heavy atom. The fraction of sp³-hybridized carbons (Fsp3) is 0.600. The Kier molecular flexibility index (Phi) is 2.72. The highest BCUT2D eigenvalue weighted by Gasteiger charge is 2.25. The lowest BCUT2D eigenvalue weighted by atomic mass is 9.88. The monoisotopic (exact) mass is 273 g/mol. The van der Waals surface area contributed by atoms with Gasteiger partial charge in [0.15, 0.2) is 0 Å². The summed E-state index contributed by atoms with van der Waals surface area (Å²) in [4.78, 5) is 14.4. The van der Waals surface area contributed by atoms with Gasteiger partial charge in [0.25, 0.3) is 0 Å². The zero-order chi connectivity index (χ0) is 12.8. The van der Waals surface area contributed by atoms with Gasteiger partial charge in [-0.05, 0) is 43.6 Å². The van der Waals surface area contributed by atoms with E-state index in [4.69, 9.17) is 0 Å². The minimum absolute atomic E-state index is 0.803. The topological polar surface area (TPSA) is 29.0 Å². The average molecular weight is 273 g/mol. The standard InChI is InChI=1S/C15H19N3S/c1-10-4-5-12-11(8-10)13-14(18-6-2-3-7-18)16-9-17-15(13)19-12/h9-10H,2-8H2,1H3/t10-/m1/s1. The highest BCUT2D eigenvalue weighted by atomic mass is 32.1. The lowest BCUT2D eigenvalue weighted by molar-refractivity contribution is 0.508. The van der Waals surface area contributed by atoms with Gasteiger partial charge in [-0.15, -0.1) is 11.3 Å². The quantitative estimate of drug-likeness (QED) is 0.797. The molecule has 1 aliphatic carbocycles. The number of thiophene rings is 1. The molecule has 2 aromatic heterocycles. The summed E-state index contributed by atoms with van der Waals surface area (Å²) < 4.78 is 0. The second-order valence-corrected chi connectivity index (χ2v) is 7.01. The normalized spacial score (nSPS) is 23.0. The number of anilines is 1. The van der Waals surface area contributed by atoms with Crippen LogP contribution in [0.2, 0.25) is 0 Å². The van der Waals surface area contributed by atoms with E-state index < -0.39 is 0 Å². The number of rotatable bonds is 1. The van der Waals surface area contributed by atoms with Crippen molar-refractivity contribution in [3.8, 4) is 0 Å². The number of fused-ring (bicyclic) bond motifs is 3. The van der Waals surface area contributed by atoms with Crippen LogP contribution in [-0.4, -0.2) is 23.1 Å². The molecule has 0 amide bonds. The maximum Gasteiger partial charge on any atom is 0.141 e. The van der Waals surface area contributed by atoms with Crippen molar-refractivity contribution < 1.29 is 0 Å². The Balaban J connectivity index is 1.91. The second kappa shape index (κ2) is 4.44. The molecule has 1 fully saturated rings. The van der Waals surface area contributed by atoms with E-state index in [-0.39, 0.29) is 0 Å². The van der Waals surface area contributed by atoms with E-state index in [0.29, 0.717) is 0 Å². The first-order valence-electron chi connectivity index (χ1n) is 7.33. The van der Waals surface area contributed by atoms with E-state index in [2.05, 4.69) is 21.8 Å². The van der Waals surface area contributed by atoms with Crippen molar-refractivity contribution >= 4 is 27.4 Å². The molecule has 2 aliphatic rings. The Bertz CT molecular complexity index is 613. The Labute approximate surface area is 117 Å². The largest absolute Gasteiger partial charge is 0.356 e. The summed E-state index contributed by atoms with van der Waals surface area (Å²) in [6, 6.07) is 0. The van der Waals surface area contributed by atoms with Gasteiger partial charge in [-0.3, -0.25) is 0 Å². The molecule has 0 N–H and O–H groups in total. The molecule has 0 radical (unpaired) electrons. The lowest BCUT2D eigenvalue weighted by Gasteiger charge is -2.21. The summed E-state index contributed by atoms with van der Waals surface area (Å²) >= 11 is 1.90. The van der Waals surface area contributed by atoms with Crippen LogP contribution in [0, 0.1) is 5.92 Å². The number of hydrogen-bond acceptors (Lipinski definition) is 4. The third-order valence-corrected chi connectivity index (χ3v) is 5.67. The van der Waals surface area contributed by atoms with Crippen molar-refractivity contribution in [1.82, 2.24) is 9.97 Å². The molecule has 0 unspecified atom stereocenters. The molecule has 1 atom stereocenters. The first kappa shape index (κ1) is 11.6. The molecule has 19 heavy (non-hydrogen) atoms. The molecule has 0 aromatic carbocycles. The molecule has 0 bridgehead atoms. The minimum atomic E-state index is 0.803. The molecular formula is C15H19N3S. The minimum Gasteiger partial charge on any atom is -0.356 e. The smallest absolute Gasteiger partial charge is 0.141 e. The molecule has 0 saturated carbocycles. The molecule has 3 heterocycles. The van der Waals surface area contributed by atoms with E-state index in [1.165, 1.54) is 48.1 Å². The predicted molar refractivity (Wildman–Crippen MR) is 80.1 cm³/mol. The van der Waals surface area contributed by atoms with Crippen LogP contribution in [0.5, 0.6) is 0 Å². The molecule has 3 nitrogen and oxygen atoms in total. The van der Waals surface area contributed by atoms with Gasteiger partial charge in [-0.25, -0.2) is 9.97 Å². The van der Waals surface area contributed by atoms with Crippen molar-refractivity contribution in [1.29, 1.82) is 0 Å². The van der Waals surface area contributed by atoms with E-state index in [0.717, 1.165) is 19.0 Å². The number of nitrogens with zero attached hydrogens (tertiary/aromatic N) is 3. The highest BCUT2D eigenvalue weighted by Crippen LogP contribution is 2.41. The first-order chi connectivity index (χ1) is 9.33. The van der Waals surface area contributed by atoms with Crippen LogP contribution in [0.4, 0.5) is 5.82 Å². The van der Waals surface area contributed by atoms with Crippen molar-refractivity contribution in [2.75, 3.05) is 18.0 Å². The van der Waals surface area contributed by atoms with Crippen LogP contribution in [-0.2, 0) is 12.8 Å². The molecule has 1 aliphatic heterocycles. The molecule has 4 heteroatoms. The summed E-state index contributed by atoms with van der Waals surface area (Å²) in [5, 5.41) is 1.37. The van der Waals surface area contributed by atoms with Crippen LogP contribution in [0.3, 0.4) is 0 Å². The van der Waals surface area contributed by atoms with Crippen LogP contribution in [0.25, 0.3) is 10.2 Å². The Morgan fingerprint density at radius 1 is 1.26 bits per heavy atom. The first-order valence-corrected chi connectivity index (χ1v) is 8.15. The van der Waals surface area contributed by atoms with Crippen LogP contribution in [0.1, 0.15) is 36.6 Å². The maximum absolute atomic E-state index is 4.62. The molecular weight excluding hydrogens is 254 g/mol. The maximum atomic E-state index is 4.62. The number of hydrogen-bond donors (Lipinski definition) is 0. The fourth-order valence-electron chi connectivity index (χ4n) is 3.43. The van der Waals surface area contributed by atoms with Crippen LogP contribution < -0.4 is 4.90 Å². The summed E-state index contributed by atoms with van der Waals surface area (Å²) in [5.41, 5.74) is 1.56. The van der Waals surface area contributed by atoms with Gasteiger partial charge < -0.3 is 4.90 Å². The van der Waals surface area contributed by atoms with E-state index in [1.54, 1.807) is 16.8 Å². The second-order valence-electron chi connectivity index (χ2n) is 5.92. The van der Waals surface area contributed by atoms with E-state index in [9.17, 15) is 0 Å². The van der Waals surface area contributed by atoms with Gasteiger partial charge in [-0.1, -0.05) is 6.92 Å². The van der Waals surface area contributed by atoms with Crippen LogP contribution >= 0.6 is 11.3 Å². The summed E-state index contributed by atoms with van der Waals surface area (Å²) in [7, 11) is 0. The zero-order valence-electron chi connectivity index (χ0n) is 11.4. The van der Waals surface area contributed by atoms with Crippen LogP contribution in [0.15, 0.2) is 6.33 Å². The van der Waals surface area contributed by atoms with E-state index >= 15 is 0 Å². The molecule has 1 saturated heterocycles. The Morgan fingerprint density at radius 2 is 2.11 bits per heavy atom. The van der Waals surface area contributed by atoms with Gasteiger partial charge in [0.05, 0.1) is 5.39 Å². The summed E-state index contributed by atoms with van der Waals surface area (Å²) in [5.74, 6) is 2.01. The van der Waals surface area contributed by atoms with Crippen molar-refractivity contribution in [2.24, 2.45) is 5.92 Å². The molecule has 100 valence electrons. The SMILES string of the molecule is C[C@@H]1CCc2sc3ncnc(N4CCCC4)c3c2C1. The van der Waals surface area contributed by atoms with Gasteiger partial charge in [0, 0.05) is 18.0 Å². The summed E-state index contributed by atoms with van der Waals surface area (Å²) in [6.07, 6.45) is 8.12. The predicted octanol–water partition coefficient (Wildman–Crippen LogP) is 3.42. The van der Waals surface area contributed by atoms with Crippen molar-refractivity contribution in [3.63, 3.8) is 0 Å². The van der Waals surface area contributed by atoms with Crippen molar-refractivity contribution in [2.45, 2.75) is 39.0 Å². The third kappa shape index (κ3) is 1.84. The van der Waals surface area contributed by atoms with Gasteiger partial charge >= 0.3 is 0 Å². The number of aromatic nitrogens is 2. The van der Waals surface area contributed by atoms with Crippen molar-refractivity contribution in [3.05, 3.63) is 16.8 Å². The lowest BCUT2D eigenvalue weighted by Crippen LogP contribution is -2.20. The Hall–Kier alpha value is -1.16.